The molecule has 0 aliphatic carbocycles. The highest BCUT2D eigenvalue weighted by atomic mass is 16.5. The number of hydrogen-bond acceptors (Lipinski definition) is 4. The second kappa shape index (κ2) is 7.97. The third-order valence-corrected chi connectivity index (χ3v) is 4.01. The van der Waals surface area contributed by atoms with E-state index < -0.39 is 0 Å². The van der Waals surface area contributed by atoms with Gasteiger partial charge in [-0.15, -0.1) is 0 Å². The molecule has 3 rings (SSSR count). The van der Waals surface area contributed by atoms with E-state index in [2.05, 4.69) is 48.3 Å². The van der Waals surface area contributed by atoms with E-state index in [-0.39, 0.29) is 11.8 Å². The maximum absolute atomic E-state index is 5.85. The molecule has 1 aromatic heterocycles. The predicted octanol–water partition coefficient (Wildman–Crippen LogP) is 4.95. The molecular formula is C21H23N2O2. The molecule has 4 nitrogen and oxygen atoms in total. The maximum Gasteiger partial charge on any atom is 0.234 e. The summed E-state index contributed by atoms with van der Waals surface area (Å²) in [6.07, 6.45) is 0.853. The fourth-order valence-corrected chi connectivity index (χ4v) is 2.77. The van der Waals surface area contributed by atoms with Gasteiger partial charge in [0.05, 0.1) is 5.92 Å². The number of rotatable bonds is 7. The molecule has 25 heavy (non-hydrogen) atoms. The van der Waals surface area contributed by atoms with Crippen molar-refractivity contribution in [3.05, 3.63) is 84.4 Å². The number of benzene rings is 2. The Balaban J connectivity index is 1.72. The van der Waals surface area contributed by atoms with Crippen LogP contribution in [0.25, 0.3) is 0 Å². The first kappa shape index (κ1) is 17.2. The lowest BCUT2D eigenvalue weighted by molar-refractivity contribution is 0.306. The number of hydrogen-bond donors (Lipinski definition) is 0. The van der Waals surface area contributed by atoms with E-state index in [1.165, 1.54) is 0 Å². The van der Waals surface area contributed by atoms with Gasteiger partial charge in [0.2, 0.25) is 5.89 Å². The first-order valence-electron chi connectivity index (χ1n) is 8.52. The van der Waals surface area contributed by atoms with Crippen LogP contribution in [0.3, 0.4) is 0 Å². The van der Waals surface area contributed by atoms with Gasteiger partial charge in [0, 0.05) is 0 Å². The molecule has 0 fully saturated rings. The van der Waals surface area contributed by atoms with Gasteiger partial charge in [-0.2, -0.15) is 4.98 Å². The average molecular weight is 335 g/mol. The van der Waals surface area contributed by atoms with Crippen LogP contribution in [0, 0.1) is 19.8 Å². The number of ether oxygens (including phenoxy) is 1. The van der Waals surface area contributed by atoms with Crippen LogP contribution in [0.15, 0.2) is 59.1 Å². The normalized spacial score (nSPS) is 12.3. The Bertz CT molecular complexity index is 779. The summed E-state index contributed by atoms with van der Waals surface area (Å²) in [4.78, 5) is 4.40. The van der Waals surface area contributed by atoms with E-state index in [4.69, 9.17) is 9.26 Å². The molecule has 2 unspecified atom stereocenters. The zero-order valence-electron chi connectivity index (χ0n) is 14.7. The van der Waals surface area contributed by atoms with Gasteiger partial charge in [0.15, 0.2) is 5.82 Å². The van der Waals surface area contributed by atoms with Crippen LogP contribution in [0.2, 0.25) is 0 Å². The second-order valence-electron chi connectivity index (χ2n) is 6.42. The van der Waals surface area contributed by atoms with Gasteiger partial charge in [0.1, 0.15) is 12.4 Å². The van der Waals surface area contributed by atoms with Gasteiger partial charge in [-0.1, -0.05) is 61.5 Å². The topological polar surface area (TPSA) is 48.2 Å². The van der Waals surface area contributed by atoms with Gasteiger partial charge in [0.25, 0.3) is 0 Å². The lowest BCUT2D eigenvalue weighted by atomic mass is 9.90. The molecule has 1 radical (unpaired) electrons. The van der Waals surface area contributed by atoms with Gasteiger partial charge in [-0.05, 0) is 42.5 Å². The van der Waals surface area contributed by atoms with Crippen molar-refractivity contribution < 1.29 is 9.26 Å². The van der Waals surface area contributed by atoms with Crippen molar-refractivity contribution in [2.24, 2.45) is 5.92 Å². The lowest BCUT2D eigenvalue weighted by Gasteiger charge is -2.16. The Hall–Kier alpha value is -2.62. The third-order valence-electron chi connectivity index (χ3n) is 4.01. The number of nitrogens with zero attached hydrogens (tertiary/aromatic N) is 2. The van der Waals surface area contributed by atoms with Crippen molar-refractivity contribution in [3.63, 3.8) is 0 Å². The molecule has 4 heteroatoms. The van der Waals surface area contributed by atoms with Crippen molar-refractivity contribution in [2.45, 2.75) is 32.8 Å². The summed E-state index contributed by atoms with van der Waals surface area (Å²) in [5.41, 5.74) is 2.28. The van der Waals surface area contributed by atoms with Crippen molar-refractivity contribution in [1.82, 2.24) is 10.1 Å². The number of aryl methyl sites for hydroxylation is 1. The Kier molecular flexibility index (Phi) is 5.49. The van der Waals surface area contributed by atoms with Crippen LogP contribution in [-0.2, 0) is 6.61 Å². The Morgan fingerprint density at radius 1 is 1.08 bits per heavy atom. The number of aromatic nitrogens is 2. The van der Waals surface area contributed by atoms with Crippen LogP contribution in [0.5, 0.6) is 5.75 Å². The summed E-state index contributed by atoms with van der Waals surface area (Å²) >= 11 is 0. The van der Waals surface area contributed by atoms with Crippen LogP contribution in [-0.4, -0.2) is 10.1 Å². The molecule has 0 bridgehead atoms. The van der Waals surface area contributed by atoms with E-state index in [0.717, 1.165) is 23.3 Å². The lowest BCUT2D eigenvalue weighted by Crippen LogP contribution is -2.06. The molecule has 0 saturated heterocycles. The summed E-state index contributed by atoms with van der Waals surface area (Å²) in [7, 11) is 0. The summed E-state index contributed by atoms with van der Waals surface area (Å²) in [5, 5.41) is 3.92. The van der Waals surface area contributed by atoms with E-state index in [9.17, 15) is 0 Å². The summed E-state index contributed by atoms with van der Waals surface area (Å²) in [6, 6.07) is 18.2. The molecule has 129 valence electrons. The molecule has 3 aromatic rings. The first-order chi connectivity index (χ1) is 12.1. The Morgan fingerprint density at radius 3 is 2.40 bits per heavy atom. The van der Waals surface area contributed by atoms with E-state index in [1.807, 2.05) is 37.3 Å². The highest BCUT2D eigenvalue weighted by Gasteiger charge is 2.21. The second-order valence-corrected chi connectivity index (χ2v) is 6.42. The average Bonchev–Trinajstić information content (AvgIpc) is 3.05. The van der Waals surface area contributed by atoms with Gasteiger partial charge >= 0.3 is 0 Å². The Labute approximate surface area is 148 Å². The minimum atomic E-state index is 0.0527. The molecule has 1 heterocycles. The van der Waals surface area contributed by atoms with Gasteiger partial charge in [-0.25, -0.2) is 0 Å². The SMILES string of the molecule is [CH2]C(C)CC(c1ccc(OCc2ccccc2)cc1)c1nc(C)no1. The van der Waals surface area contributed by atoms with Crippen LogP contribution >= 0.6 is 0 Å². The highest BCUT2D eigenvalue weighted by Crippen LogP contribution is 2.31. The summed E-state index contributed by atoms with van der Waals surface area (Å²) in [5.74, 6) is 2.48. The van der Waals surface area contributed by atoms with Crippen LogP contribution in [0.1, 0.15) is 42.1 Å². The molecule has 2 aromatic carbocycles. The zero-order valence-corrected chi connectivity index (χ0v) is 14.7. The molecule has 0 aliphatic rings. The van der Waals surface area contributed by atoms with Gasteiger partial charge < -0.3 is 9.26 Å². The molecule has 0 amide bonds. The van der Waals surface area contributed by atoms with Gasteiger partial charge in [-0.3, -0.25) is 0 Å². The quantitative estimate of drug-likeness (QED) is 0.613. The highest BCUT2D eigenvalue weighted by molar-refractivity contribution is 5.32. The minimum Gasteiger partial charge on any atom is -0.489 e. The largest absolute Gasteiger partial charge is 0.489 e. The van der Waals surface area contributed by atoms with E-state index in [0.29, 0.717) is 18.3 Å². The standard InChI is InChI=1S/C21H23N2O2/c1-15(2)13-20(21-22-16(3)23-25-21)18-9-11-19(12-10-18)24-14-17-7-5-4-6-8-17/h4-12,15,20H,1,13-14H2,2-3H3. The zero-order chi connectivity index (χ0) is 17.6. The summed E-state index contributed by atoms with van der Waals surface area (Å²) in [6.45, 7) is 8.58. The molecule has 2 atom stereocenters. The first-order valence-corrected chi connectivity index (χ1v) is 8.52. The molecule has 0 aliphatic heterocycles. The van der Waals surface area contributed by atoms with Crippen LogP contribution < -0.4 is 4.74 Å². The van der Waals surface area contributed by atoms with E-state index in [1.54, 1.807) is 0 Å². The van der Waals surface area contributed by atoms with Crippen molar-refractivity contribution in [1.29, 1.82) is 0 Å². The molecule has 0 spiro atoms. The Morgan fingerprint density at radius 2 is 1.80 bits per heavy atom. The maximum atomic E-state index is 5.85. The molecule has 0 N–H and O–H groups in total. The molecule has 0 saturated carbocycles. The third kappa shape index (κ3) is 4.69. The smallest absolute Gasteiger partial charge is 0.234 e. The van der Waals surface area contributed by atoms with Crippen molar-refractivity contribution in [3.8, 4) is 5.75 Å². The minimum absolute atomic E-state index is 0.0527. The van der Waals surface area contributed by atoms with Crippen molar-refractivity contribution in [2.75, 3.05) is 0 Å². The monoisotopic (exact) mass is 335 g/mol. The summed E-state index contributed by atoms with van der Waals surface area (Å²) < 4.78 is 11.3. The molecular weight excluding hydrogens is 312 g/mol. The van der Waals surface area contributed by atoms with E-state index >= 15 is 0 Å². The fourth-order valence-electron chi connectivity index (χ4n) is 2.77. The van der Waals surface area contributed by atoms with Crippen molar-refractivity contribution >= 4 is 0 Å². The predicted molar refractivity (Wildman–Crippen MR) is 97.2 cm³/mol. The fraction of sp³-hybridized carbons (Fsp3) is 0.286. The van der Waals surface area contributed by atoms with Crippen LogP contribution in [0.4, 0.5) is 0 Å².